The minimum atomic E-state index is -0.0525. The van der Waals surface area contributed by atoms with Crippen molar-refractivity contribution in [1.82, 2.24) is 10.6 Å². The van der Waals surface area contributed by atoms with Crippen LogP contribution < -0.4 is 10.6 Å². The number of rotatable bonds is 6. The van der Waals surface area contributed by atoms with E-state index >= 15 is 0 Å². The molecule has 1 aliphatic rings. The fourth-order valence-electron chi connectivity index (χ4n) is 2.29. The van der Waals surface area contributed by atoms with Crippen molar-refractivity contribution >= 4 is 5.91 Å². The van der Waals surface area contributed by atoms with Crippen LogP contribution in [0.3, 0.4) is 0 Å². The number of piperidine rings is 1. The van der Waals surface area contributed by atoms with Gasteiger partial charge in [0.25, 0.3) is 0 Å². The summed E-state index contributed by atoms with van der Waals surface area (Å²) in [5.41, 5.74) is 0.0578. The maximum absolute atomic E-state index is 12.0. The van der Waals surface area contributed by atoms with Gasteiger partial charge in [-0.2, -0.15) is 0 Å². The van der Waals surface area contributed by atoms with Gasteiger partial charge in [0, 0.05) is 19.8 Å². The third-order valence-corrected chi connectivity index (χ3v) is 3.36. The molecule has 0 bridgehead atoms. The Morgan fingerprint density at radius 1 is 1.53 bits per heavy atom. The highest BCUT2D eigenvalue weighted by atomic mass is 16.5. The molecule has 4 heteroatoms. The summed E-state index contributed by atoms with van der Waals surface area (Å²) in [6.45, 7) is 9.40. The predicted octanol–water partition coefficient (Wildman–Crippen LogP) is 1.31. The lowest BCUT2D eigenvalue weighted by Gasteiger charge is -2.38. The Hall–Kier alpha value is -0.610. The van der Waals surface area contributed by atoms with E-state index in [0.29, 0.717) is 6.54 Å². The molecule has 0 radical (unpaired) electrons. The van der Waals surface area contributed by atoms with Crippen molar-refractivity contribution in [3.63, 3.8) is 0 Å². The van der Waals surface area contributed by atoms with Gasteiger partial charge in [0.15, 0.2) is 0 Å². The van der Waals surface area contributed by atoms with E-state index in [9.17, 15) is 4.79 Å². The van der Waals surface area contributed by atoms with Gasteiger partial charge in [0.2, 0.25) is 5.91 Å². The van der Waals surface area contributed by atoms with Crippen molar-refractivity contribution in [2.75, 3.05) is 26.3 Å². The Labute approximate surface area is 104 Å². The second-order valence-corrected chi connectivity index (χ2v) is 5.32. The van der Waals surface area contributed by atoms with Gasteiger partial charge in [0.1, 0.15) is 0 Å². The molecule has 1 amide bonds. The van der Waals surface area contributed by atoms with Crippen molar-refractivity contribution in [3.8, 4) is 0 Å². The molecule has 0 aliphatic carbocycles. The molecular formula is C13H26N2O2. The van der Waals surface area contributed by atoms with Crippen molar-refractivity contribution in [2.24, 2.45) is 5.41 Å². The molecule has 1 rings (SSSR count). The molecule has 1 atom stereocenters. The summed E-state index contributed by atoms with van der Waals surface area (Å²) in [6.07, 6.45) is 3.14. The minimum Gasteiger partial charge on any atom is -0.382 e. The van der Waals surface area contributed by atoms with Crippen LogP contribution in [-0.2, 0) is 9.53 Å². The molecule has 0 aromatic carbocycles. The second kappa shape index (κ2) is 6.97. The normalized spacial score (nSPS) is 23.4. The largest absolute Gasteiger partial charge is 0.382 e. The number of nitrogens with one attached hydrogen (secondary N) is 2. The van der Waals surface area contributed by atoms with Crippen LogP contribution in [0.1, 0.15) is 40.0 Å². The van der Waals surface area contributed by atoms with Gasteiger partial charge >= 0.3 is 0 Å². The zero-order valence-corrected chi connectivity index (χ0v) is 11.3. The lowest BCUT2D eigenvalue weighted by atomic mass is 9.77. The van der Waals surface area contributed by atoms with E-state index in [1.54, 1.807) is 0 Å². The van der Waals surface area contributed by atoms with Gasteiger partial charge in [-0.15, -0.1) is 0 Å². The third kappa shape index (κ3) is 4.64. The van der Waals surface area contributed by atoms with Crippen molar-refractivity contribution in [2.45, 2.75) is 46.1 Å². The summed E-state index contributed by atoms with van der Waals surface area (Å²) >= 11 is 0. The predicted molar refractivity (Wildman–Crippen MR) is 68.9 cm³/mol. The van der Waals surface area contributed by atoms with Crippen molar-refractivity contribution < 1.29 is 9.53 Å². The van der Waals surface area contributed by atoms with Crippen LogP contribution in [-0.4, -0.2) is 38.3 Å². The molecule has 0 aromatic rings. The van der Waals surface area contributed by atoms with Gasteiger partial charge in [-0.3, -0.25) is 4.79 Å². The van der Waals surface area contributed by atoms with E-state index in [1.165, 1.54) is 0 Å². The molecule has 1 fully saturated rings. The molecule has 17 heavy (non-hydrogen) atoms. The Bertz CT molecular complexity index is 242. The van der Waals surface area contributed by atoms with Crippen molar-refractivity contribution in [1.29, 1.82) is 0 Å². The van der Waals surface area contributed by atoms with E-state index < -0.39 is 0 Å². The monoisotopic (exact) mass is 242 g/mol. The number of hydrogen-bond donors (Lipinski definition) is 2. The standard InChI is InChI=1S/C13H26N2O2/c1-4-17-10-6-9-15-12(16)11-13(2,3)7-5-8-14-11/h11,14H,4-10H2,1-3H3,(H,15,16). The molecule has 2 N–H and O–H groups in total. The van der Waals surface area contributed by atoms with Gasteiger partial charge in [-0.05, 0) is 38.1 Å². The highest BCUT2D eigenvalue weighted by Gasteiger charge is 2.36. The molecule has 1 heterocycles. The third-order valence-electron chi connectivity index (χ3n) is 3.36. The van der Waals surface area contributed by atoms with Crippen LogP contribution in [0.2, 0.25) is 0 Å². The topological polar surface area (TPSA) is 50.4 Å². The number of amides is 1. The van der Waals surface area contributed by atoms with Gasteiger partial charge < -0.3 is 15.4 Å². The first kappa shape index (κ1) is 14.5. The summed E-state index contributed by atoms with van der Waals surface area (Å²) in [7, 11) is 0. The average Bonchev–Trinajstić information content (AvgIpc) is 2.28. The first-order valence-electron chi connectivity index (χ1n) is 6.67. The molecule has 0 spiro atoms. The maximum atomic E-state index is 12.0. The second-order valence-electron chi connectivity index (χ2n) is 5.32. The van der Waals surface area contributed by atoms with E-state index in [4.69, 9.17) is 4.74 Å². The first-order valence-corrected chi connectivity index (χ1v) is 6.67. The quantitative estimate of drug-likeness (QED) is 0.690. The highest BCUT2D eigenvalue weighted by molar-refractivity contribution is 5.82. The minimum absolute atomic E-state index is 0.0525. The number of carbonyl (C=O) groups is 1. The summed E-state index contributed by atoms with van der Waals surface area (Å²) < 4.78 is 5.23. The number of carbonyl (C=O) groups excluding carboxylic acids is 1. The van der Waals surface area contributed by atoms with Gasteiger partial charge in [-0.25, -0.2) is 0 Å². The SMILES string of the molecule is CCOCCCNC(=O)C1NCCCC1(C)C. The number of ether oxygens (including phenoxy) is 1. The van der Waals surface area contributed by atoms with Crippen LogP contribution >= 0.6 is 0 Å². The van der Waals surface area contributed by atoms with E-state index in [0.717, 1.165) is 39.0 Å². The smallest absolute Gasteiger partial charge is 0.237 e. The molecule has 1 unspecified atom stereocenters. The van der Waals surface area contributed by atoms with Crippen LogP contribution in [0.15, 0.2) is 0 Å². The van der Waals surface area contributed by atoms with Crippen LogP contribution in [0, 0.1) is 5.41 Å². The van der Waals surface area contributed by atoms with E-state index in [2.05, 4.69) is 24.5 Å². The molecular weight excluding hydrogens is 216 g/mol. The maximum Gasteiger partial charge on any atom is 0.237 e. The summed E-state index contributed by atoms with van der Waals surface area (Å²) in [4.78, 5) is 12.0. The number of hydrogen-bond acceptors (Lipinski definition) is 3. The Morgan fingerprint density at radius 3 is 2.94 bits per heavy atom. The molecule has 0 aromatic heterocycles. The molecule has 4 nitrogen and oxygen atoms in total. The van der Waals surface area contributed by atoms with Crippen molar-refractivity contribution in [3.05, 3.63) is 0 Å². The zero-order valence-electron chi connectivity index (χ0n) is 11.3. The summed E-state index contributed by atoms with van der Waals surface area (Å²) in [5, 5.41) is 6.30. The van der Waals surface area contributed by atoms with E-state index in [1.807, 2.05) is 6.92 Å². The molecule has 1 aliphatic heterocycles. The first-order chi connectivity index (χ1) is 8.08. The Morgan fingerprint density at radius 2 is 2.29 bits per heavy atom. The average molecular weight is 242 g/mol. The van der Waals surface area contributed by atoms with Crippen LogP contribution in [0.25, 0.3) is 0 Å². The molecule has 1 saturated heterocycles. The summed E-state index contributed by atoms with van der Waals surface area (Å²) in [6, 6.07) is -0.0525. The summed E-state index contributed by atoms with van der Waals surface area (Å²) in [5.74, 6) is 0.131. The highest BCUT2D eigenvalue weighted by Crippen LogP contribution is 2.29. The zero-order chi connectivity index (χ0) is 12.7. The van der Waals surface area contributed by atoms with Gasteiger partial charge in [-0.1, -0.05) is 13.8 Å². The Balaban J connectivity index is 2.26. The Kier molecular flexibility index (Phi) is 5.92. The fraction of sp³-hybridized carbons (Fsp3) is 0.923. The fourth-order valence-corrected chi connectivity index (χ4v) is 2.29. The van der Waals surface area contributed by atoms with Crippen LogP contribution in [0.5, 0.6) is 0 Å². The van der Waals surface area contributed by atoms with E-state index in [-0.39, 0.29) is 17.4 Å². The lowest BCUT2D eigenvalue weighted by Crippen LogP contribution is -2.55. The van der Waals surface area contributed by atoms with Gasteiger partial charge in [0.05, 0.1) is 6.04 Å². The lowest BCUT2D eigenvalue weighted by molar-refractivity contribution is -0.126. The molecule has 100 valence electrons. The van der Waals surface area contributed by atoms with Crippen LogP contribution in [0.4, 0.5) is 0 Å². The molecule has 0 saturated carbocycles.